The van der Waals surface area contributed by atoms with Gasteiger partial charge >= 0.3 is 0 Å². The van der Waals surface area contributed by atoms with Gasteiger partial charge in [-0.25, -0.2) is 0 Å². The van der Waals surface area contributed by atoms with Crippen LogP contribution in [0.5, 0.6) is 0 Å². The van der Waals surface area contributed by atoms with Gasteiger partial charge in [-0.15, -0.1) is 0 Å². The standard InChI is InChI=1S/C15H18N4O2/c16-15(21)10-1-2-13-12(7-10)14(20)8-11(18-13)9-19-5-3-17-4-6-19/h1-2,7-8,17H,3-6,9H2,(H2,16,21)(H,18,20). The summed E-state index contributed by atoms with van der Waals surface area (Å²) in [6.45, 7) is 4.62. The molecule has 0 atom stereocenters. The van der Waals surface area contributed by atoms with Crippen LogP contribution in [-0.2, 0) is 6.54 Å². The Morgan fingerprint density at radius 2 is 2.00 bits per heavy atom. The molecular formula is C15H18N4O2. The van der Waals surface area contributed by atoms with E-state index in [0.29, 0.717) is 10.9 Å². The number of aromatic nitrogens is 1. The predicted molar refractivity (Wildman–Crippen MR) is 81.2 cm³/mol. The molecule has 6 heteroatoms. The van der Waals surface area contributed by atoms with E-state index in [0.717, 1.165) is 43.9 Å². The predicted octanol–water partition coefficient (Wildman–Crippen LogP) is 0.0322. The molecule has 1 amide bonds. The van der Waals surface area contributed by atoms with Crippen molar-refractivity contribution in [2.45, 2.75) is 6.54 Å². The fraction of sp³-hybridized carbons (Fsp3) is 0.333. The number of benzene rings is 1. The number of carbonyl (C=O) groups is 1. The number of H-pyrrole nitrogens is 1. The van der Waals surface area contributed by atoms with E-state index >= 15 is 0 Å². The Morgan fingerprint density at radius 3 is 2.71 bits per heavy atom. The molecule has 0 saturated carbocycles. The molecule has 1 aliphatic rings. The van der Waals surface area contributed by atoms with Crippen LogP contribution >= 0.6 is 0 Å². The largest absolute Gasteiger partial charge is 0.366 e. The van der Waals surface area contributed by atoms with Gasteiger partial charge in [0.1, 0.15) is 0 Å². The van der Waals surface area contributed by atoms with E-state index in [2.05, 4.69) is 15.2 Å². The second kappa shape index (κ2) is 5.67. The van der Waals surface area contributed by atoms with E-state index in [1.165, 1.54) is 0 Å². The average molecular weight is 286 g/mol. The van der Waals surface area contributed by atoms with Gasteiger partial charge in [0, 0.05) is 61.0 Å². The summed E-state index contributed by atoms with van der Waals surface area (Å²) in [5, 5.41) is 3.80. The summed E-state index contributed by atoms with van der Waals surface area (Å²) in [6.07, 6.45) is 0. The van der Waals surface area contributed by atoms with E-state index in [4.69, 9.17) is 5.73 Å². The number of nitrogens with two attached hydrogens (primary N) is 1. The monoisotopic (exact) mass is 286 g/mol. The Labute approximate surface area is 121 Å². The number of aromatic amines is 1. The Morgan fingerprint density at radius 1 is 1.24 bits per heavy atom. The van der Waals surface area contributed by atoms with Crippen molar-refractivity contribution in [1.29, 1.82) is 0 Å². The van der Waals surface area contributed by atoms with Crippen LogP contribution in [0, 0.1) is 0 Å². The Balaban J connectivity index is 1.93. The Bertz CT molecular complexity index is 732. The van der Waals surface area contributed by atoms with E-state index < -0.39 is 5.91 Å². The minimum Gasteiger partial charge on any atom is -0.366 e. The summed E-state index contributed by atoms with van der Waals surface area (Å²) in [7, 11) is 0. The molecule has 21 heavy (non-hydrogen) atoms. The zero-order chi connectivity index (χ0) is 14.8. The summed E-state index contributed by atoms with van der Waals surface area (Å²) >= 11 is 0. The minimum atomic E-state index is -0.527. The maximum atomic E-state index is 12.2. The number of fused-ring (bicyclic) bond motifs is 1. The summed E-state index contributed by atoms with van der Waals surface area (Å²) in [5.74, 6) is -0.527. The molecule has 4 N–H and O–H groups in total. The molecule has 3 rings (SSSR count). The van der Waals surface area contributed by atoms with Crippen molar-refractivity contribution in [2.24, 2.45) is 5.73 Å². The molecule has 2 heterocycles. The first kappa shape index (κ1) is 13.8. The summed E-state index contributed by atoms with van der Waals surface area (Å²) in [6, 6.07) is 6.52. The highest BCUT2D eigenvalue weighted by Crippen LogP contribution is 2.12. The topological polar surface area (TPSA) is 91.2 Å². The third-order valence-electron chi connectivity index (χ3n) is 3.77. The SMILES string of the molecule is NC(=O)c1ccc2[nH]c(CN3CCNCC3)cc(=O)c2c1. The molecule has 1 saturated heterocycles. The Hall–Kier alpha value is -2.18. The molecule has 0 bridgehead atoms. The number of hydrogen-bond acceptors (Lipinski definition) is 4. The zero-order valence-electron chi connectivity index (χ0n) is 11.7. The fourth-order valence-electron chi connectivity index (χ4n) is 2.65. The first-order valence-electron chi connectivity index (χ1n) is 7.02. The first-order chi connectivity index (χ1) is 10.1. The number of carbonyl (C=O) groups excluding carboxylic acids is 1. The number of primary amides is 1. The lowest BCUT2D eigenvalue weighted by Gasteiger charge is -2.27. The third kappa shape index (κ3) is 2.96. The van der Waals surface area contributed by atoms with E-state index in [9.17, 15) is 9.59 Å². The van der Waals surface area contributed by atoms with Crippen LogP contribution in [0.1, 0.15) is 16.1 Å². The van der Waals surface area contributed by atoms with Gasteiger partial charge < -0.3 is 16.0 Å². The first-order valence-corrected chi connectivity index (χ1v) is 7.02. The molecule has 0 unspecified atom stereocenters. The highest BCUT2D eigenvalue weighted by atomic mass is 16.1. The number of amides is 1. The van der Waals surface area contributed by atoms with Gasteiger partial charge in [0.2, 0.25) is 5.91 Å². The van der Waals surface area contributed by atoms with E-state index in [1.54, 1.807) is 24.3 Å². The van der Waals surface area contributed by atoms with Gasteiger partial charge in [0.25, 0.3) is 0 Å². The van der Waals surface area contributed by atoms with Crippen LogP contribution in [0.3, 0.4) is 0 Å². The molecule has 1 fully saturated rings. The number of hydrogen-bond donors (Lipinski definition) is 3. The van der Waals surface area contributed by atoms with Crippen LogP contribution in [-0.4, -0.2) is 42.0 Å². The molecular weight excluding hydrogens is 268 g/mol. The molecule has 0 radical (unpaired) electrons. The maximum absolute atomic E-state index is 12.2. The quantitative estimate of drug-likeness (QED) is 0.742. The zero-order valence-corrected chi connectivity index (χ0v) is 11.7. The van der Waals surface area contributed by atoms with Crippen molar-refractivity contribution >= 4 is 16.8 Å². The lowest BCUT2D eigenvalue weighted by Crippen LogP contribution is -2.43. The molecule has 2 aromatic rings. The summed E-state index contributed by atoms with van der Waals surface area (Å²) in [5.41, 5.74) is 7.13. The van der Waals surface area contributed by atoms with Gasteiger partial charge in [0.15, 0.2) is 5.43 Å². The highest BCUT2D eigenvalue weighted by Gasteiger charge is 2.12. The minimum absolute atomic E-state index is 0.0861. The fourth-order valence-corrected chi connectivity index (χ4v) is 2.65. The molecule has 6 nitrogen and oxygen atoms in total. The number of piperazine rings is 1. The van der Waals surface area contributed by atoms with E-state index in [-0.39, 0.29) is 5.43 Å². The van der Waals surface area contributed by atoms with Crippen molar-refractivity contribution in [1.82, 2.24) is 15.2 Å². The van der Waals surface area contributed by atoms with Gasteiger partial charge in [-0.2, -0.15) is 0 Å². The number of nitrogens with one attached hydrogen (secondary N) is 2. The van der Waals surface area contributed by atoms with Crippen molar-refractivity contribution in [3.05, 3.63) is 45.7 Å². The van der Waals surface area contributed by atoms with E-state index in [1.807, 2.05) is 0 Å². The van der Waals surface area contributed by atoms with Crippen molar-refractivity contribution in [2.75, 3.05) is 26.2 Å². The molecule has 110 valence electrons. The Kier molecular flexibility index (Phi) is 3.72. The number of nitrogens with zero attached hydrogens (tertiary/aromatic N) is 1. The summed E-state index contributed by atoms with van der Waals surface area (Å²) < 4.78 is 0. The number of pyridine rings is 1. The van der Waals surface area contributed by atoms with Crippen LogP contribution in [0.2, 0.25) is 0 Å². The van der Waals surface area contributed by atoms with Crippen LogP contribution in [0.15, 0.2) is 29.1 Å². The molecule has 1 aliphatic heterocycles. The van der Waals surface area contributed by atoms with Crippen LogP contribution < -0.4 is 16.5 Å². The van der Waals surface area contributed by atoms with Crippen molar-refractivity contribution in [3.8, 4) is 0 Å². The van der Waals surface area contributed by atoms with Crippen LogP contribution in [0.25, 0.3) is 10.9 Å². The van der Waals surface area contributed by atoms with Gasteiger partial charge in [-0.05, 0) is 18.2 Å². The second-order valence-electron chi connectivity index (χ2n) is 5.31. The van der Waals surface area contributed by atoms with Gasteiger partial charge in [-0.3, -0.25) is 14.5 Å². The average Bonchev–Trinajstić information content (AvgIpc) is 2.48. The van der Waals surface area contributed by atoms with Crippen LogP contribution in [0.4, 0.5) is 0 Å². The molecule has 0 aliphatic carbocycles. The lowest BCUT2D eigenvalue weighted by atomic mass is 10.1. The molecule has 1 aromatic heterocycles. The smallest absolute Gasteiger partial charge is 0.248 e. The van der Waals surface area contributed by atoms with Gasteiger partial charge in [-0.1, -0.05) is 0 Å². The number of rotatable bonds is 3. The van der Waals surface area contributed by atoms with Gasteiger partial charge in [0.05, 0.1) is 0 Å². The highest BCUT2D eigenvalue weighted by molar-refractivity contribution is 5.96. The lowest BCUT2D eigenvalue weighted by molar-refractivity contribution is 0.100. The maximum Gasteiger partial charge on any atom is 0.248 e. The van der Waals surface area contributed by atoms with Crippen molar-refractivity contribution < 1.29 is 4.79 Å². The molecule has 1 aromatic carbocycles. The normalized spacial score (nSPS) is 16.2. The third-order valence-corrected chi connectivity index (χ3v) is 3.77. The van der Waals surface area contributed by atoms with Crippen molar-refractivity contribution in [3.63, 3.8) is 0 Å². The summed E-state index contributed by atoms with van der Waals surface area (Å²) in [4.78, 5) is 29.0. The molecule has 0 spiro atoms. The second-order valence-corrected chi connectivity index (χ2v) is 5.31.